The molecule has 98 valence electrons. The van der Waals surface area contributed by atoms with Gasteiger partial charge in [-0.25, -0.2) is 9.97 Å². The summed E-state index contributed by atoms with van der Waals surface area (Å²) in [6.45, 7) is 3.09. The van der Waals surface area contributed by atoms with Gasteiger partial charge in [-0.05, 0) is 37.1 Å². The monoisotopic (exact) mass is 254 g/mol. The summed E-state index contributed by atoms with van der Waals surface area (Å²) in [5, 5.41) is 3.08. The van der Waals surface area contributed by atoms with Gasteiger partial charge in [0.05, 0.1) is 0 Å². The second kappa shape index (κ2) is 4.53. The third kappa shape index (κ3) is 2.14. The summed E-state index contributed by atoms with van der Waals surface area (Å²) in [5.41, 5.74) is 4.78. The highest BCUT2D eigenvalue weighted by molar-refractivity contribution is 5.67. The molecule has 0 bridgehead atoms. The molecule has 4 heteroatoms. The third-order valence-corrected chi connectivity index (χ3v) is 3.58. The van der Waals surface area contributed by atoms with E-state index in [1.165, 1.54) is 11.3 Å². The Hall–Kier alpha value is -2.10. The summed E-state index contributed by atoms with van der Waals surface area (Å²) in [6.07, 6.45) is 1.10. The summed E-state index contributed by atoms with van der Waals surface area (Å²) in [4.78, 5) is 11.3. The molecular formula is C15H18N4. The highest BCUT2D eigenvalue weighted by Crippen LogP contribution is 2.30. The minimum atomic E-state index is 0.793. The van der Waals surface area contributed by atoms with Gasteiger partial charge in [-0.15, -0.1) is 0 Å². The molecule has 0 amide bonds. The molecule has 0 fully saturated rings. The van der Waals surface area contributed by atoms with Crippen LogP contribution < -0.4 is 10.2 Å². The van der Waals surface area contributed by atoms with E-state index >= 15 is 0 Å². The fourth-order valence-corrected chi connectivity index (χ4v) is 2.53. The molecule has 0 aliphatic carbocycles. The average molecular weight is 254 g/mol. The molecule has 2 heterocycles. The molecule has 0 saturated carbocycles. The predicted molar refractivity (Wildman–Crippen MR) is 78.7 cm³/mol. The average Bonchev–Trinajstić information content (AvgIpc) is 2.79. The van der Waals surface area contributed by atoms with Gasteiger partial charge in [-0.3, -0.25) is 0 Å². The smallest absolute Gasteiger partial charge is 0.161 e. The number of likely N-dealkylation sites (N-methyl/N-ethyl adjacent to an activating group) is 1. The van der Waals surface area contributed by atoms with E-state index in [1.54, 1.807) is 0 Å². The quantitative estimate of drug-likeness (QED) is 0.894. The molecule has 0 atom stereocenters. The van der Waals surface area contributed by atoms with Gasteiger partial charge in [-0.1, -0.05) is 0 Å². The zero-order chi connectivity index (χ0) is 13.4. The molecule has 0 saturated heterocycles. The first-order valence-electron chi connectivity index (χ1n) is 6.55. The summed E-state index contributed by atoms with van der Waals surface area (Å²) < 4.78 is 0. The van der Waals surface area contributed by atoms with Crippen LogP contribution in [-0.4, -0.2) is 30.6 Å². The van der Waals surface area contributed by atoms with Gasteiger partial charge in [0.25, 0.3) is 0 Å². The molecule has 0 radical (unpaired) electrons. The highest BCUT2D eigenvalue weighted by atomic mass is 15.1. The van der Waals surface area contributed by atoms with Crippen LogP contribution in [0.2, 0.25) is 0 Å². The first kappa shape index (κ1) is 12.0. The van der Waals surface area contributed by atoms with E-state index in [0.29, 0.717) is 0 Å². The molecule has 3 rings (SSSR count). The van der Waals surface area contributed by atoms with Gasteiger partial charge in [-0.2, -0.15) is 0 Å². The Morgan fingerprint density at radius 2 is 2.05 bits per heavy atom. The maximum absolute atomic E-state index is 4.53. The van der Waals surface area contributed by atoms with Gasteiger partial charge >= 0.3 is 0 Å². The van der Waals surface area contributed by atoms with Crippen LogP contribution in [0.25, 0.3) is 11.4 Å². The lowest BCUT2D eigenvalue weighted by atomic mass is 10.1. The number of fused-ring (bicyclic) bond motifs is 1. The molecule has 1 aromatic heterocycles. The molecule has 0 spiro atoms. The van der Waals surface area contributed by atoms with E-state index in [2.05, 4.69) is 45.4 Å². The Balaban J connectivity index is 2.05. The second-order valence-corrected chi connectivity index (χ2v) is 4.98. The number of hydrogen-bond acceptors (Lipinski definition) is 4. The molecule has 1 N–H and O–H groups in total. The number of aryl methyl sites for hydroxylation is 1. The third-order valence-electron chi connectivity index (χ3n) is 3.58. The number of nitrogens with zero attached hydrogens (tertiary/aromatic N) is 3. The van der Waals surface area contributed by atoms with Gasteiger partial charge in [0.1, 0.15) is 5.82 Å². The molecule has 19 heavy (non-hydrogen) atoms. The number of aromatic nitrogens is 2. The van der Waals surface area contributed by atoms with E-state index in [4.69, 9.17) is 0 Å². The Morgan fingerprint density at radius 1 is 1.21 bits per heavy atom. The van der Waals surface area contributed by atoms with Crippen molar-refractivity contribution in [3.8, 4) is 11.4 Å². The molecule has 4 nitrogen and oxygen atoms in total. The molecule has 1 aliphatic rings. The maximum Gasteiger partial charge on any atom is 0.161 e. The number of hydrogen-bond donors (Lipinski definition) is 1. The lowest BCUT2D eigenvalue weighted by Gasteiger charge is -2.12. The molecule has 1 aromatic carbocycles. The highest BCUT2D eigenvalue weighted by Gasteiger charge is 2.16. The van der Waals surface area contributed by atoms with Gasteiger partial charge in [0, 0.05) is 43.7 Å². The van der Waals surface area contributed by atoms with Crippen LogP contribution in [0, 0.1) is 6.92 Å². The Bertz CT molecular complexity index is 622. The summed E-state index contributed by atoms with van der Waals surface area (Å²) >= 11 is 0. The first-order valence-corrected chi connectivity index (χ1v) is 6.55. The largest absolute Gasteiger partial charge is 0.374 e. The lowest BCUT2D eigenvalue weighted by molar-refractivity contribution is 0.956. The second-order valence-electron chi connectivity index (χ2n) is 4.98. The van der Waals surface area contributed by atoms with Gasteiger partial charge < -0.3 is 10.2 Å². The minimum absolute atomic E-state index is 0.793. The molecule has 1 aliphatic heterocycles. The van der Waals surface area contributed by atoms with Crippen molar-refractivity contribution in [3.05, 3.63) is 35.5 Å². The van der Waals surface area contributed by atoms with Crippen molar-refractivity contribution >= 4 is 11.5 Å². The number of anilines is 2. The van der Waals surface area contributed by atoms with Crippen LogP contribution in [-0.2, 0) is 6.42 Å². The van der Waals surface area contributed by atoms with Crippen molar-refractivity contribution < 1.29 is 0 Å². The first-order chi connectivity index (χ1) is 9.17. The van der Waals surface area contributed by atoms with E-state index in [-0.39, 0.29) is 0 Å². The van der Waals surface area contributed by atoms with Crippen LogP contribution in [0.3, 0.4) is 0 Å². The SMILES string of the molecule is CNc1cc(C)nc(-c2ccc3c(c2)CCN3C)n1. The topological polar surface area (TPSA) is 41.1 Å². The summed E-state index contributed by atoms with van der Waals surface area (Å²) in [6, 6.07) is 8.44. The van der Waals surface area contributed by atoms with E-state index in [0.717, 1.165) is 35.9 Å². The molecular weight excluding hydrogens is 236 g/mol. The van der Waals surface area contributed by atoms with E-state index in [9.17, 15) is 0 Å². The van der Waals surface area contributed by atoms with Crippen molar-refractivity contribution in [2.45, 2.75) is 13.3 Å². The Morgan fingerprint density at radius 3 is 2.84 bits per heavy atom. The fraction of sp³-hybridized carbons (Fsp3) is 0.333. The van der Waals surface area contributed by atoms with Gasteiger partial charge in [0.15, 0.2) is 5.82 Å². The van der Waals surface area contributed by atoms with E-state index in [1.807, 2.05) is 20.0 Å². The zero-order valence-electron chi connectivity index (χ0n) is 11.6. The van der Waals surface area contributed by atoms with Crippen LogP contribution in [0.15, 0.2) is 24.3 Å². The van der Waals surface area contributed by atoms with Crippen molar-refractivity contribution in [1.29, 1.82) is 0 Å². The Kier molecular flexibility index (Phi) is 2.85. The van der Waals surface area contributed by atoms with Crippen LogP contribution >= 0.6 is 0 Å². The van der Waals surface area contributed by atoms with Crippen molar-refractivity contribution in [1.82, 2.24) is 9.97 Å². The minimum Gasteiger partial charge on any atom is -0.374 e. The lowest BCUT2D eigenvalue weighted by Crippen LogP contribution is -2.12. The van der Waals surface area contributed by atoms with Crippen molar-refractivity contribution in [3.63, 3.8) is 0 Å². The summed E-state index contributed by atoms with van der Waals surface area (Å²) in [7, 11) is 4.01. The fourth-order valence-electron chi connectivity index (χ4n) is 2.53. The number of benzene rings is 1. The number of nitrogens with one attached hydrogen (secondary N) is 1. The van der Waals surface area contributed by atoms with Crippen LogP contribution in [0.5, 0.6) is 0 Å². The van der Waals surface area contributed by atoms with Gasteiger partial charge in [0.2, 0.25) is 0 Å². The summed E-state index contributed by atoms with van der Waals surface area (Å²) in [5.74, 6) is 1.65. The molecule has 2 aromatic rings. The van der Waals surface area contributed by atoms with Crippen LogP contribution in [0.1, 0.15) is 11.3 Å². The van der Waals surface area contributed by atoms with Crippen molar-refractivity contribution in [2.24, 2.45) is 0 Å². The normalized spacial score (nSPS) is 13.5. The number of rotatable bonds is 2. The predicted octanol–water partition coefficient (Wildman–Crippen LogP) is 2.49. The van der Waals surface area contributed by atoms with E-state index < -0.39 is 0 Å². The molecule has 0 unspecified atom stereocenters. The zero-order valence-corrected chi connectivity index (χ0v) is 11.6. The van der Waals surface area contributed by atoms with Crippen molar-refractivity contribution in [2.75, 3.05) is 30.9 Å². The van der Waals surface area contributed by atoms with Crippen LogP contribution in [0.4, 0.5) is 11.5 Å². The standard InChI is InChI=1S/C15H18N4/c1-10-8-14(16-2)18-15(17-10)12-4-5-13-11(9-12)6-7-19(13)3/h4-5,8-9H,6-7H2,1-3H3,(H,16,17,18). The maximum atomic E-state index is 4.53. The Labute approximate surface area is 113 Å².